The molecule has 0 aromatic heterocycles. The van der Waals surface area contributed by atoms with E-state index in [-0.39, 0.29) is 15.5 Å². The lowest BCUT2D eigenvalue weighted by Gasteiger charge is -2.21. The summed E-state index contributed by atoms with van der Waals surface area (Å²) in [6, 6.07) is 11.1. The highest BCUT2D eigenvalue weighted by molar-refractivity contribution is 7.89. The van der Waals surface area contributed by atoms with Crippen LogP contribution in [-0.4, -0.2) is 31.7 Å². The van der Waals surface area contributed by atoms with Crippen LogP contribution in [0, 0.1) is 0 Å². The second kappa shape index (κ2) is 8.61. The number of halogens is 2. The number of amides is 1. The zero-order chi connectivity index (χ0) is 19.4. The molecule has 1 saturated heterocycles. The Hall–Kier alpha value is -1.60. The predicted molar refractivity (Wildman–Crippen MR) is 108 cm³/mol. The van der Waals surface area contributed by atoms with E-state index in [9.17, 15) is 13.2 Å². The standard InChI is InChI=1S/C19H20Cl2N2O3S/c20-15-7-3-4-8-17(15)22-19(24)14-9-10-16(21)18(13-14)27(25,26)23-11-5-1-2-6-12-23/h3-4,7-10,13H,1-2,5-6,11-12H2,(H,22,24). The summed E-state index contributed by atoms with van der Waals surface area (Å²) >= 11 is 12.2. The van der Waals surface area contributed by atoms with Crippen molar-refractivity contribution in [2.45, 2.75) is 30.6 Å². The predicted octanol–water partition coefficient (Wildman–Crippen LogP) is 4.81. The lowest BCUT2D eigenvalue weighted by Crippen LogP contribution is -2.32. The van der Waals surface area contributed by atoms with Crippen LogP contribution in [0.5, 0.6) is 0 Å². The number of rotatable bonds is 4. The smallest absolute Gasteiger partial charge is 0.255 e. The minimum Gasteiger partial charge on any atom is -0.321 e. The number of hydrogen-bond acceptors (Lipinski definition) is 3. The third-order valence-electron chi connectivity index (χ3n) is 4.50. The van der Waals surface area contributed by atoms with E-state index < -0.39 is 15.9 Å². The van der Waals surface area contributed by atoms with Gasteiger partial charge in [0.05, 0.1) is 15.7 Å². The summed E-state index contributed by atoms with van der Waals surface area (Å²) in [5.74, 6) is -0.452. The SMILES string of the molecule is O=C(Nc1ccccc1Cl)c1ccc(Cl)c(S(=O)(=O)N2CCCCCC2)c1. The fourth-order valence-corrected chi connectivity index (χ4v) is 5.22. The number of para-hydroxylation sites is 1. The molecule has 0 unspecified atom stereocenters. The van der Waals surface area contributed by atoms with E-state index in [1.165, 1.54) is 22.5 Å². The van der Waals surface area contributed by atoms with Gasteiger partial charge in [-0.2, -0.15) is 4.31 Å². The van der Waals surface area contributed by atoms with Crippen LogP contribution in [0.25, 0.3) is 0 Å². The monoisotopic (exact) mass is 426 g/mol. The fraction of sp³-hybridized carbons (Fsp3) is 0.316. The van der Waals surface area contributed by atoms with Gasteiger partial charge in [-0.15, -0.1) is 0 Å². The van der Waals surface area contributed by atoms with Crippen LogP contribution < -0.4 is 5.32 Å². The molecule has 0 spiro atoms. The van der Waals surface area contributed by atoms with Crippen LogP contribution in [0.15, 0.2) is 47.4 Å². The number of carbonyl (C=O) groups excluding carboxylic acids is 1. The number of nitrogens with zero attached hydrogens (tertiary/aromatic N) is 1. The first kappa shape index (κ1) is 20.1. The van der Waals surface area contributed by atoms with Crippen LogP contribution in [0.1, 0.15) is 36.0 Å². The van der Waals surface area contributed by atoms with Crippen molar-refractivity contribution in [3.63, 3.8) is 0 Å². The molecule has 0 aliphatic carbocycles. The number of hydrogen-bond donors (Lipinski definition) is 1. The lowest BCUT2D eigenvalue weighted by atomic mass is 10.2. The van der Waals surface area contributed by atoms with Crippen molar-refractivity contribution >= 4 is 44.8 Å². The molecule has 27 heavy (non-hydrogen) atoms. The van der Waals surface area contributed by atoms with E-state index in [1.807, 2.05) is 0 Å². The molecule has 2 aromatic carbocycles. The average Bonchev–Trinajstić information content (AvgIpc) is 2.94. The summed E-state index contributed by atoms with van der Waals surface area (Å²) in [5.41, 5.74) is 0.656. The van der Waals surface area contributed by atoms with Gasteiger partial charge < -0.3 is 5.32 Å². The van der Waals surface area contributed by atoms with E-state index in [0.717, 1.165) is 25.7 Å². The van der Waals surface area contributed by atoms with Crippen molar-refractivity contribution in [1.82, 2.24) is 4.31 Å². The Labute approximate surface area is 169 Å². The average molecular weight is 427 g/mol. The molecule has 1 N–H and O–H groups in total. The van der Waals surface area contributed by atoms with Crippen LogP contribution in [0.2, 0.25) is 10.0 Å². The van der Waals surface area contributed by atoms with E-state index in [4.69, 9.17) is 23.2 Å². The molecule has 0 radical (unpaired) electrons. The van der Waals surface area contributed by atoms with Crippen LogP contribution in [0.3, 0.4) is 0 Å². The second-order valence-electron chi connectivity index (χ2n) is 6.40. The zero-order valence-corrected chi connectivity index (χ0v) is 16.9. The molecule has 1 amide bonds. The molecule has 1 aliphatic heterocycles. The molecule has 2 aromatic rings. The minimum atomic E-state index is -3.76. The van der Waals surface area contributed by atoms with Gasteiger partial charge in [-0.3, -0.25) is 4.79 Å². The topological polar surface area (TPSA) is 66.5 Å². The normalized spacial score (nSPS) is 15.9. The Kier molecular flexibility index (Phi) is 6.42. The first-order valence-electron chi connectivity index (χ1n) is 8.75. The summed E-state index contributed by atoms with van der Waals surface area (Å²) in [4.78, 5) is 12.5. The van der Waals surface area contributed by atoms with Gasteiger partial charge in [0.2, 0.25) is 10.0 Å². The first-order valence-corrected chi connectivity index (χ1v) is 10.9. The first-order chi connectivity index (χ1) is 12.9. The Bertz CT molecular complexity index is 940. The maximum absolute atomic E-state index is 13.0. The Balaban J connectivity index is 1.89. The largest absolute Gasteiger partial charge is 0.321 e. The quantitative estimate of drug-likeness (QED) is 0.762. The molecule has 144 valence electrons. The Morgan fingerprint density at radius 1 is 0.926 bits per heavy atom. The van der Waals surface area contributed by atoms with E-state index in [1.54, 1.807) is 24.3 Å². The van der Waals surface area contributed by atoms with Crippen molar-refractivity contribution in [2.75, 3.05) is 18.4 Å². The molecule has 0 bridgehead atoms. The van der Waals surface area contributed by atoms with E-state index in [0.29, 0.717) is 23.8 Å². The van der Waals surface area contributed by atoms with Crippen molar-refractivity contribution in [3.05, 3.63) is 58.1 Å². The zero-order valence-electron chi connectivity index (χ0n) is 14.6. The number of sulfonamides is 1. The van der Waals surface area contributed by atoms with E-state index in [2.05, 4.69) is 5.32 Å². The minimum absolute atomic E-state index is 0.0436. The van der Waals surface area contributed by atoms with Crippen LogP contribution >= 0.6 is 23.2 Å². The molecular weight excluding hydrogens is 407 g/mol. The van der Waals surface area contributed by atoms with E-state index >= 15 is 0 Å². The number of nitrogens with one attached hydrogen (secondary N) is 1. The van der Waals surface area contributed by atoms with Crippen molar-refractivity contribution in [1.29, 1.82) is 0 Å². The summed E-state index contributed by atoms with van der Waals surface area (Å²) in [6.07, 6.45) is 3.67. The third-order valence-corrected chi connectivity index (χ3v) is 7.21. The lowest BCUT2D eigenvalue weighted by molar-refractivity contribution is 0.102. The molecule has 0 saturated carbocycles. The molecule has 0 atom stereocenters. The maximum atomic E-state index is 13.0. The number of anilines is 1. The summed E-state index contributed by atoms with van der Waals surface area (Å²) in [6.45, 7) is 0.934. The fourth-order valence-electron chi connectivity index (χ4n) is 3.02. The summed E-state index contributed by atoms with van der Waals surface area (Å²) in [5, 5.41) is 3.20. The molecule has 1 fully saturated rings. The number of benzene rings is 2. The highest BCUT2D eigenvalue weighted by Crippen LogP contribution is 2.28. The molecular formula is C19H20Cl2N2O3S. The molecule has 1 heterocycles. The summed E-state index contributed by atoms with van der Waals surface area (Å²) in [7, 11) is -3.76. The highest BCUT2D eigenvalue weighted by Gasteiger charge is 2.28. The molecule has 5 nitrogen and oxygen atoms in total. The van der Waals surface area contributed by atoms with Gasteiger partial charge >= 0.3 is 0 Å². The van der Waals surface area contributed by atoms with Gasteiger partial charge in [0.25, 0.3) is 5.91 Å². The van der Waals surface area contributed by atoms with Crippen LogP contribution in [0.4, 0.5) is 5.69 Å². The molecule has 1 aliphatic rings. The number of carbonyl (C=O) groups is 1. The van der Waals surface area contributed by atoms with Gasteiger partial charge in [0.15, 0.2) is 0 Å². The van der Waals surface area contributed by atoms with Crippen molar-refractivity contribution in [2.24, 2.45) is 0 Å². The third kappa shape index (κ3) is 4.63. The Morgan fingerprint density at radius 2 is 1.59 bits per heavy atom. The molecule has 3 rings (SSSR count). The van der Waals surface area contributed by atoms with Crippen LogP contribution in [-0.2, 0) is 10.0 Å². The van der Waals surface area contributed by atoms with Gasteiger partial charge in [-0.1, -0.05) is 48.2 Å². The second-order valence-corrected chi connectivity index (χ2v) is 9.12. The van der Waals surface area contributed by atoms with Gasteiger partial charge in [-0.05, 0) is 43.2 Å². The van der Waals surface area contributed by atoms with Crippen molar-refractivity contribution < 1.29 is 13.2 Å². The van der Waals surface area contributed by atoms with Crippen molar-refractivity contribution in [3.8, 4) is 0 Å². The van der Waals surface area contributed by atoms with Gasteiger partial charge in [0, 0.05) is 18.7 Å². The Morgan fingerprint density at radius 3 is 2.26 bits per heavy atom. The highest BCUT2D eigenvalue weighted by atomic mass is 35.5. The van der Waals surface area contributed by atoms with Gasteiger partial charge in [0.1, 0.15) is 4.90 Å². The van der Waals surface area contributed by atoms with Gasteiger partial charge in [-0.25, -0.2) is 8.42 Å². The maximum Gasteiger partial charge on any atom is 0.255 e. The summed E-state index contributed by atoms with van der Waals surface area (Å²) < 4.78 is 27.5. The molecule has 8 heteroatoms.